The molecule has 1 aromatic carbocycles. The zero-order valence-corrected chi connectivity index (χ0v) is 8.11. The fraction of sp³-hybridized carbons (Fsp3) is 0.111. The minimum Gasteiger partial charge on any atom is -0.366 e. The summed E-state index contributed by atoms with van der Waals surface area (Å²) in [6, 6.07) is 4.97. The van der Waals surface area contributed by atoms with Gasteiger partial charge in [-0.3, -0.25) is 0 Å². The van der Waals surface area contributed by atoms with Crippen molar-refractivity contribution in [2.45, 2.75) is 6.92 Å². The van der Waals surface area contributed by atoms with Crippen LogP contribution in [0.15, 0.2) is 18.2 Å². The second-order valence-corrected chi connectivity index (χ2v) is 3.19. The predicted octanol–water partition coefficient (Wildman–Crippen LogP) is 0.689. The van der Waals surface area contributed by atoms with Crippen LogP contribution in [0.1, 0.15) is 5.56 Å². The topological polar surface area (TPSA) is 82.8 Å². The van der Waals surface area contributed by atoms with Gasteiger partial charge in [0, 0.05) is 0 Å². The number of hydrogen-bond donors (Lipinski definition) is 2. The largest absolute Gasteiger partial charge is 0.366 e. The van der Waals surface area contributed by atoms with Gasteiger partial charge >= 0.3 is 0 Å². The molecule has 0 unspecified atom stereocenters. The standard InChI is InChI=1S/C9H10FN5/c1-5-3-2-4-6(7(5)10)8-13-14-9(11)15(8)12/h2-4H,12H2,1H3,(H2,11,14). The third kappa shape index (κ3) is 1.39. The van der Waals surface area contributed by atoms with Gasteiger partial charge in [-0.05, 0) is 18.6 Å². The van der Waals surface area contributed by atoms with Crippen LogP contribution >= 0.6 is 0 Å². The van der Waals surface area contributed by atoms with Crippen molar-refractivity contribution in [1.29, 1.82) is 0 Å². The van der Waals surface area contributed by atoms with Crippen LogP contribution in [0, 0.1) is 12.7 Å². The van der Waals surface area contributed by atoms with Gasteiger partial charge in [-0.15, -0.1) is 10.2 Å². The molecule has 78 valence electrons. The van der Waals surface area contributed by atoms with Crippen molar-refractivity contribution < 1.29 is 4.39 Å². The van der Waals surface area contributed by atoms with E-state index in [0.29, 0.717) is 11.1 Å². The van der Waals surface area contributed by atoms with Crippen molar-refractivity contribution in [2.24, 2.45) is 0 Å². The first-order valence-corrected chi connectivity index (χ1v) is 4.32. The molecular weight excluding hydrogens is 197 g/mol. The molecule has 0 aliphatic carbocycles. The highest BCUT2D eigenvalue weighted by molar-refractivity contribution is 5.59. The fourth-order valence-corrected chi connectivity index (χ4v) is 1.31. The molecule has 0 amide bonds. The lowest BCUT2D eigenvalue weighted by molar-refractivity contribution is 0.620. The van der Waals surface area contributed by atoms with E-state index in [0.717, 1.165) is 4.68 Å². The lowest BCUT2D eigenvalue weighted by atomic mass is 10.1. The number of nitrogens with two attached hydrogens (primary N) is 2. The second kappa shape index (κ2) is 3.23. The smallest absolute Gasteiger partial charge is 0.241 e. The van der Waals surface area contributed by atoms with Gasteiger partial charge in [0.25, 0.3) is 0 Å². The maximum absolute atomic E-state index is 13.7. The number of benzene rings is 1. The van der Waals surface area contributed by atoms with Crippen LogP contribution in [-0.2, 0) is 0 Å². The number of aryl methyl sites for hydroxylation is 1. The molecule has 5 nitrogen and oxygen atoms in total. The van der Waals surface area contributed by atoms with Gasteiger partial charge < -0.3 is 11.6 Å². The first-order chi connectivity index (χ1) is 7.11. The minimum atomic E-state index is -0.364. The Balaban J connectivity index is 2.64. The monoisotopic (exact) mass is 207 g/mol. The highest BCUT2D eigenvalue weighted by Gasteiger charge is 2.14. The minimum absolute atomic E-state index is 0.0471. The maximum atomic E-state index is 13.7. The van der Waals surface area contributed by atoms with Crippen molar-refractivity contribution >= 4 is 5.95 Å². The molecule has 2 aromatic rings. The second-order valence-electron chi connectivity index (χ2n) is 3.19. The van der Waals surface area contributed by atoms with Gasteiger partial charge in [-0.2, -0.15) is 0 Å². The highest BCUT2D eigenvalue weighted by atomic mass is 19.1. The average Bonchev–Trinajstić information content (AvgIpc) is 2.53. The van der Waals surface area contributed by atoms with E-state index in [9.17, 15) is 4.39 Å². The summed E-state index contributed by atoms with van der Waals surface area (Å²) in [5, 5.41) is 7.27. The van der Waals surface area contributed by atoms with Gasteiger partial charge in [-0.25, -0.2) is 9.07 Å². The number of nitrogens with zero attached hydrogens (tertiary/aromatic N) is 3. The summed E-state index contributed by atoms with van der Waals surface area (Å²) in [5.74, 6) is 5.45. The lowest BCUT2D eigenvalue weighted by Crippen LogP contribution is -2.13. The van der Waals surface area contributed by atoms with Gasteiger partial charge in [0.1, 0.15) is 5.82 Å². The molecule has 0 saturated heterocycles. The van der Waals surface area contributed by atoms with Crippen LogP contribution in [0.2, 0.25) is 0 Å². The fourth-order valence-electron chi connectivity index (χ4n) is 1.31. The van der Waals surface area contributed by atoms with Crippen LogP contribution in [0.5, 0.6) is 0 Å². The normalized spacial score (nSPS) is 10.5. The van der Waals surface area contributed by atoms with Gasteiger partial charge in [-0.1, -0.05) is 12.1 Å². The van der Waals surface area contributed by atoms with Crippen molar-refractivity contribution in [1.82, 2.24) is 14.9 Å². The number of anilines is 1. The molecule has 0 spiro atoms. The molecular formula is C9H10FN5. The third-order valence-electron chi connectivity index (χ3n) is 2.15. The van der Waals surface area contributed by atoms with Crippen LogP contribution in [-0.4, -0.2) is 14.9 Å². The first-order valence-electron chi connectivity index (χ1n) is 4.32. The molecule has 1 aromatic heterocycles. The summed E-state index contributed by atoms with van der Waals surface area (Å²) in [7, 11) is 0. The Morgan fingerprint density at radius 2 is 2.07 bits per heavy atom. The van der Waals surface area contributed by atoms with E-state index in [-0.39, 0.29) is 17.6 Å². The Morgan fingerprint density at radius 1 is 1.33 bits per heavy atom. The number of rotatable bonds is 1. The van der Waals surface area contributed by atoms with Crippen LogP contribution in [0.4, 0.5) is 10.3 Å². The SMILES string of the molecule is Cc1cccc(-c2nnc(N)n2N)c1F. The molecule has 15 heavy (non-hydrogen) atoms. The third-order valence-corrected chi connectivity index (χ3v) is 2.15. The predicted molar refractivity (Wildman–Crippen MR) is 54.7 cm³/mol. The zero-order valence-electron chi connectivity index (χ0n) is 8.11. The van der Waals surface area contributed by atoms with E-state index >= 15 is 0 Å². The van der Waals surface area contributed by atoms with Crippen molar-refractivity contribution in [3.8, 4) is 11.4 Å². The summed E-state index contributed by atoms with van der Waals surface area (Å²) >= 11 is 0. The Kier molecular flexibility index (Phi) is 2.03. The number of halogens is 1. The summed E-state index contributed by atoms with van der Waals surface area (Å²) < 4.78 is 14.8. The van der Waals surface area contributed by atoms with Crippen molar-refractivity contribution in [2.75, 3.05) is 11.6 Å². The molecule has 0 aliphatic rings. The van der Waals surface area contributed by atoms with Gasteiger partial charge in [0.05, 0.1) is 5.56 Å². The van der Waals surface area contributed by atoms with Crippen LogP contribution in [0.3, 0.4) is 0 Å². The average molecular weight is 207 g/mol. The molecule has 2 rings (SSSR count). The Morgan fingerprint density at radius 3 is 2.67 bits per heavy atom. The summed E-state index contributed by atoms with van der Waals surface area (Å²) in [5.41, 5.74) is 6.22. The Hall–Kier alpha value is -2.11. The number of hydrogen-bond acceptors (Lipinski definition) is 4. The molecule has 0 aliphatic heterocycles. The van der Waals surface area contributed by atoms with Crippen molar-refractivity contribution in [3.05, 3.63) is 29.6 Å². The molecule has 4 N–H and O–H groups in total. The van der Waals surface area contributed by atoms with E-state index in [4.69, 9.17) is 11.6 Å². The van der Waals surface area contributed by atoms with E-state index in [2.05, 4.69) is 10.2 Å². The summed E-state index contributed by atoms with van der Waals surface area (Å²) in [6.45, 7) is 1.67. The van der Waals surface area contributed by atoms with E-state index in [1.807, 2.05) is 0 Å². The van der Waals surface area contributed by atoms with E-state index < -0.39 is 0 Å². The maximum Gasteiger partial charge on any atom is 0.241 e. The van der Waals surface area contributed by atoms with Crippen LogP contribution in [0.25, 0.3) is 11.4 Å². The Bertz CT molecular complexity index is 505. The van der Waals surface area contributed by atoms with Gasteiger partial charge in [0.2, 0.25) is 5.95 Å². The van der Waals surface area contributed by atoms with Crippen molar-refractivity contribution in [3.63, 3.8) is 0 Å². The Labute approximate surface area is 85.5 Å². The quantitative estimate of drug-likeness (QED) is 0.674. The molecule has 0 bridgehead atoms. The molecule has 0 radical (unpaired) electrons. The lowest BCUT2D eigenvalue weighted by Gasteiger charge is -2.04. The summed E-state index contributed by atoms with van der Waals surface area (Å²) in [6.07, 6.45) is 0. The highest BCUT2D eigenvalue weighted by Crippen LogP contribution is 2.22. The zero-order chi connectivity index (χ0) is 11.0. The van der Waals surface area contributed by atoms with Gasteiger partial charge in [0.15, 0.2) is 5.82 Å². The summed E-state index contributed by atoms with van der Waals surface area (Å²) in [4.78, 5) is 0. The first kappa shape index (κ1) is 9.45. The molecule has 0 fully saturated rings. The van der Waals surface area contributed by atoms with Crippen LogP contribution < -0.4 is 11.6 Å². The number of aromatic nitrogens is 3. The van der Waals surface area contributed by atoms with E-state index in [1.165, 1.54) is 0 Å². The molecule has 6 heteroatoms. The molecule has 0 atom stereocenters. The number of nitrogen functional groups attached to an aromatic ring is 2. The molecule has 0 saturated carbocycles. The molecule has 1 heterocycles. The van der Waals surface area contributed by atoms with E-state index in [1.54, 1.807) is 25.1 Å².